The Kier molecular flexibility index (Phi) is 4.79. The highest BCUT2D eigenvalue weighted by Crippen LogP contribution is 2.31. The van der Waals surface area contributed by atoms with E-state index in [1.54, 1.807) is 36.6 Å². The van der Waals surface area contributed by atoms with Crippen molar-refractivity contribution in [3.8, 4) is 11.6 Å². The molecule has 3 N–H and O–H groups in total. The molecule has 0 radical (unpaired) electrons. The lowest BCUT2D eigenvalue weighted by Gasteiger charge is -2.13. The molecular formula is C22H17N5O3S. The van der Waals surface area contributed by atoms with Crippen LogP contribution in [0.25, 0.3) is 33.5 Å². The van der Waals surface area contributed by atoms with Crippen LogP contribution in [0.3, 0.4) is 0 Å². The number of aromatic nitrogens is 4. The topological polar surface area (TPSA) is 117 Å². The number of furan rings is 1. The summed E-state index contributed by atoms with van der Waals surface area (Å²) in [4.78, 5) is 38.9. The molecule has 0 aliphatic carbocycles. The molecule has 31 heavy (non-hydrogen) atoms. The highest BCUT2D eigenvalue weighted by atomic mass is 32.2. The number of nitrogens with one attached hydrogen (secondary N) is 3. The number of nitrogens with zero attached hydrogens (tertiary/aromatic N) is 2. The number of para-hydroxylation sites is 1. The maximum absolute atomic E-state index is 12.8. The number of benzene rings is 2. The monoisotopic (exact) mass is 431 g/mol. The van der Waals surface area contributed by atoms with Crippen molar-refractivity contribution in [2.45, 2.75) is 17.2 Å². The second-order valence-electron chi connectivity index (χ2n) is 6.94. The number of hydrogen-bond acceptors (Lipinski definition) is 6. The van der Waals surface area contributed by atoms with Crippen LogP contribution in [0.4, 0.5) is 5.69 Å². The van der Waals surface area contributed by atoms with Crippen molar-refractivity contribution in [2.24, 2.45) is 0 Å². The molecular weight excluding hydrogens is 414 g/mol. The number of fused-ring (bicyclic) bond motifs is 2. The molecule has 154 valence electrons. The van der Waals surface area contributed by atoms with Crippen LogP contribution in [0.1, 0.15) is 6.92 Å². The predicted octanol–water partition coefficient (Wildman–Crippen LogP) is 4.18. The number of carbonyl (C=O) groups excluding carboxylic acids is 1. The summed E-state index contributed by atoms with van der Waals surface area (Å²) in [5, 5.41) is 4.04. The Hall–Kier alpha value is -3.85. The van der Waals surface area contributed by atoms with Crippen molar-refractivity contribution < 1.29 is 9.21 Å². The summed E-state index contributed by atoms with van der Waals surface area (Å²) in [7, 11) is 0. The lowest BCUT2D eigenvalue weighted by molar-refractivity contribution is -0.115. The zero-order valence-electron chi connectivity index (χ0n) is 16.4. The van der Waals surface area contributed by atoms with Gasteiger partial charge in [-0.05, 0) is 43.3 Å². The third-order valence-electron chi connectivity index (χ3n) is 4.75. The van der Waals surface area contributed by atoms with Gasteiger partial charge >= 0.3 is 5.69 Å². The van der Waals surface area contributed by atoms with Gasteiger partial charge in [0.2, 0.25) is 5.91 Å². The highest BCUT2D eigenvalue weighted by molar-refractivity contribution is 8.00. The van der Waals surface area contributed by atoms with Gasteiger partial charge in [0, 0.05) is 11.1 Å². The number of thioether (sulfide) groups is 1. The molecule has 0 aliphatic heterocycles. The Morgan fingerprint density at radius 1 is 1.06 bits per heavy atom. The maximum atomic E-state index is 12.8. The molecule has 1 atom stereocenters. The van der Waals surface area contributed by atoms with Crippen LogP contribution in [0, 0.1) is 0 Å². The molecule has 0 fully saturated rings. The van der Waals surface area contributed by atoms with Crippen LogP contribution in [0.2, 0.25) is 0 Å². The number of imidazole rings is 1. The molecule has 5 aromatic rings. The van der Waals surface area contributed by atoms with Crippen molar-refractivity contribution in [1.82, 2.24) is 19.9 Å². The number of anilines is 1. The summed E-state index contributed by atoms with van der Waals surface area (Å²) in [5.41, 5.74) is 2.41. The Morgan fingerprint density at radius 2 is 1.90 bits per heavy atom. The van der Waals surface area contributed by atoms with Crippen LogP contribution in [0.5, 0.6) is 0 Å². The number of H-pyrrole nitrogens is 2. The van der Waals surface area contributed by atoms with Gasteiger partial charge in [0.25, 0.3) is 0 Å². The number of aromatic amines is 2. The van der Waals surface area contributed by atoms with E-state index in [1.807, 2.05) is 31.2 Å². The molecule has 1 amide bonds. The van der Waals surface area contributed by atoms with Crippen molar-refractivity contribution in [3.05, 3.63) is 71.3 Å². The van der Waals surface area contributed by atoms with Gasteiger partial charge in [0.15, 0.2) is 11.6 Å². The largest absolute Gasteiger partial charge is 0.461 e. The number of hydrogen-bond donors (Lipinski definition) is 3. The van der Waals surface area contributed by atoms with E-state index in [0.717, 1.165) is 10.9 Å². The van der Waals surface area contributed by atoms with Crippen molar-refractivity contribution in [2.75, 3.05) is 5.32 Å². The van der Waals surface area contributed by atoms with E-state index >= 15 is 0 Å². The first-order chi connectivity index (χ1) is 15.1. The van der Waals surface area contributed by atoms with Gasteiger partial charge in [0.1, 0.15) is 5.03 Å². The minimum absolute atomic E-state index is 0.176. The second-order valence-corrected chi connectivity index (χ2v) is 8.27. The Bertz CT molecular complexity index is 1460. The van der Waals surface area contributed by atoms with E-state index in [2.05, 4.69) is 25.3 Å². The molecule has 3 heterocycles. The molecule has 5 rings (SSSR count). The first-order valence-electron chi connectivity index (χ1n) is 9.57. The van der Waals surface area contributed by atoms with E-state index in [4.69, 9.17) is 4.42 Å². The Balaban J connectivity index is 1.41. The third-order valence-corrected chi connectivity index (χ3v) is 5.85. The first kappa shape index (κ1) is 19.1. The molecule has 0 saturated carbocycles. The molecule has 0 unspecified atom stereocenters. The minimum Gasteiger partial charge on any atom is -0.461 e. The summed E-state index contributed by atoms with van der Waals surface area (Å²) in [6.45, 7) is 1.82. The quantitative estimate of drug-likeness (QED) is 0.284. The zero-order valence-corrected chi connectivity index (χ0v) is 17.2. The normalized spacial score (nSPS) is 12.3. The summed E-state index contributed by atoms with van der Waals surface area (Å²) >= 11 is 1.35. The molecule has 2 aromatic carbocycles. The fourth-order valence-electron chi connectivity index (χ4n) is 3.23. The average molecular weight is 431 g/mol. The lowest BCUT2D eigenvalue weighted by atomic mass is 10.2. The van der Waals surface area contributed by atoms with Crippen LogP contribution in [-0.4, -0.2) is 31.1 Å². The van der Waals surface area contributed by atoms with Crippen molar-refractivity contribution in [3.63, 3.8) is 0 Å². The summed E-state index contributed by atoms with van der Waals surface area (Å²) < 4.78 is 5.45. The van der Waals surface area contributed by atoms with Crippen LogP contribution in [-0.2, 0) is 4.79 Å². The standard InChI is InChI=1S/C22H17N5O3S/c1-12(20(28)23-13-8-9-16-17(11-13)26-22(29)25-16)31-21-14-5-2-3-6-15(14)24-19(27-21)18-7-4-10-30-18/h2-12H,1H3,(H,23,28)(H2,25,26,29)/t12-/m1/s1. The van der Waals surface area contributed by atoms with Gasteiger partial charge in [-0.3, -0.25) is 4.79 Å². The summed E-state index contributed by atoms with van der Waals surface area (Å²) in [6.07, 6.45) is 1.57. The highest BCUT2D eigenvalue weighted by Gasteiger charge is 2.19. The Morgan fingerprint density at radius 3 is 2.74 bits per heavy atom. The number of amides is 1. The fraction of sp³-hybridized carbons (Fsp3) is 0.0909. The number of rotatable bonds is 5. The van der Waals surface area contributed by atoms with E-state index in [1.165, 1.54) is 11.8 Å². The minimum atomic E-state index is -0.427. The predicted molar refractivity (Wildman–Crippen MR) is 120 cm³/mol. The third kappa shape index (κ3) is 3.82. The van der Waals surface area contributed by atoms with Gasteiger partial charge in [0.05, 0.1) is 28.1 Å². The van der Waals surface area contributed by atoms with E-state index in [9.17, 15) is 9.59 Å². The zero-order chi connectivity index (χ0) is 21.4. The van der Waals surface area contributed by atoms with Crippen molar-refractivity contribution >= 4 is 45.3 Å². The molecule has 3 aromatic heterocycles. The molecule has 0 aliphatic rings. The number of carbonyl (C=O) groups is 1. The average Bonchev–Trinajstić information content (AvgIpc) is 3.42. The van der Waals surface area contributed by atoms with Gasteiger partial charge in [-0.2, -0.15) is 0 Å². The molecule has 9 heteroatoms. The second kappa shape index (κ2) is 7.77. The van der Waals surface area contributed by atoms with E-state index < -0.39 is 5.25 Å². The van der Waals surface area contributed by atoms with E-state index in [0.29, 0.717) is 33.3 Å². The van der Waals surface area contributed by atoms with Crippen LogP contribution < -0.4 is 11.0 Å². The van der Waals surface area contributed by atoms with E-state index in [-0.39, 0.29) is 11.6 Å². The van der Waals surface area contributed by atoms with Crippen LogP contribution in [0.15, 0.2) is 75.1 Å². The van der Waals surface area contributed by atoms with Crippen molar-refractivity contribution in [1.29, 1.82) is 0 Å². The molecule has 8 nitrogen and oxygen atoms in total. The van der Waals surface area contributed by atoms with Gasteiger partial charge in [-0.25, -0.2) is 14.8 Å². The smallest absolute Gasteiger partial charge is 0.323 e. The Labute approximate surface area is 180 Å². The SMILES string of the molecule is C[C@@H](Sc1nc(-c2ccco2)nc2ccccc12)C(=O)Nc1ccc2[nH]c(=O)[nH]c2c1. The first-order valence-corrected chi connectivity index (χ1v) is 10.4. The summed E-state index contributed by atoms with van der Waals surface area (Å²) in [5.74, 6) is 0.864. The molecule has 0 saturated heterocycles. The van der Waals surface area contributed by atoms with Gasteiger partial charge in [-0.15, -0.1) is 0 Å². The molecule has 0 bridgehead atoms. The fourth-order valence-corrected chi connectivity index (χ4v) is 4.17. The maximum Gasteiger partial charge on any atom is 0.323 e. The lowest BCUT2D eigenvalue weighted by Crippen LogP contribution is -2.22. The van der Waals surface area contributed by atoms with Crippen LogP contribution >= 0.6 is 11.8 Å². The van der Waals surface area contributed by atoms with Gasteiger partial charge < -0.3 is 19.7 Å². The summed E-state index contributed by atoms with van der Waals surface area (Å²) in [6, 6.07) is 16.5. The molecule has 0 spiro atoms. The van der Waals surface area contributed by atoms with Gasteiger partial charge in [-0.1, -0.05) is 30.0 Å².